The molecule has 4 nitrogen and oxygen atoms in total. The predicted molar refractivity (Wildman–Crippen MR) is 125 cm³/mol. The van der Waals surface area contributed by atoms with Gasteiger partial charge in [0.25, 0.3) is 5.91 Å². The zero-order chi connectivity index (χ0) is 20.8. The third-order valence-electron chi connectivity index (χ3n) is 4.99. The summed E-state index contributed by atoms with van der Waals surface area (Å²) in [7, 11) is 0. The largest absolute Gasteiger partial charge is 0.490 e. The van der Waals surface area contributed by atoms with Crippen molar-refractivity contribution in [2.75, 3.05) is 11.9 Å². The average molecular weight is 417 g/mol. The maximum atomic E-state index is 13.1. The van der Waals surface area contributed by atoms with Gasteiger partial charge in [-0.25, -0.2) is 4.99 Å². The van der Waals surface area contributed by atoms with Gasteiger partial charge in [0, 0.05) is 16.8 Å². The van der Waals surface area contributed by atoms with Gasteiger partial charge in [-0.05, 0) is 73.2 Å². The summed E-state index contributed by atoms with van der Waals surface area (Å²) in [5.41, 5.74) is 3.64. The Kier molecular flexibility index (Phi) is 6.40. The third-order valence-corrected chi connectivity index (χ3v) is 6.19. The number of aryl methyl sites for hydroxylation is 1. The smallest absolute Gasteiger partial charge is 0.259 e. The van der Waals surface area contributed by atoms with Crippen molar-refractivity contribution in [1.29, 1.82) is 0 Å². The summed E-state index contributed by atoms with van der Waals surface area (Å²) in [6.07, 6.45) is 7.78. The molecule has 0 unspecified atom stereocenters. The van der Waals surface area contributed by atoms with Crippen LogP contribution in [-0.2, 0) is 12.8 Å². The number of carbonyl (C=O) groups excluding carboxylic acids is 1. The summed E-state index contributed by atoms with van der Waals surface area (Å²) in [4.78, 5) is 19.1. The van der Waals surface area contributed by atoms with Crippen LogP contribution in [-0.4, -0.2) is 18.7 Å². The highest BCUT2D eigenvalue weighted by atomic mass is 32.1. The van der Waals surface area contributed by atoms with Gasteiger partial charge in [-0.2, -0.15) is 0 Å². The van der Waals surface area contributed by atoms with Gasteiger partial charge in [0.1, 0.15) is 17.4 Å². The molecular formula is C25H24N2O2S. The van der Waals surface area contributed by atoms with Crippen LogP contribution in [0.3, 0.4) is 0 Å². The topological polar surface area (TPSA) is 50.7 Å². The summed E-state index contributed by atoms with van der Waals surface area (Å²) in [6, 6.07) is 17.3. The first kappa shape index (κ1) is 20.1. The van der Waals surface area contributed by atoms with E-state index in [4.69, 9.17) is 9.73 Å². The molecule has 0 fully saturated rings. The van der Waals surface area contributed by atoms with Gasteiger partial charge >= 0.3 is 0 Å². The fourth-order valence-corrected chi connectivity index (χ4v) is 4.76. The van der Waals surface area contributed by atoms with E-state index in [9.17, 15) is 4.79 Å². The molecule has 4 rings (SSSR count). The number of benzene rings is 2. The van der Waals surface area contributed by atoms with Crippen molar-refractivity contribution >= 4 is 34.1 Å². The van der Waals surface area contributed by atoms with Crippen molar-refractivity contribution in [1.82, 2.24) is 0 Å². The van der Waals surface area contributed by atoms with Crippen molar-refractivity contribution in [3.05, 3.63) is 88.8 Å². The molecule has 1 aromatic heterocycles. The first-order valence-corrected chi connectivity index (χ1v) is 10.9. The number of aliphatic imine (C=N–C) groups is 1. The normalized spacial score (nSPS) is 13.1. The molecule has 0 bridgehead atoms. The predicted octanol–water partition coefficient (Wildman–Crippen LogP) is 6.19. The van der Waals surface area contributed by atoms with Crippen molar-refractivity contribution < 1.29 is 9.53 Å². The number of thiophene rings is 1. The van der Waals surface area contributed by atoms with Crippen molar-refractivity contribution in [3.63, 3.8) is 0 Å². The van der Waals surface area contributed by atoms with Crippen LogP contribution in [0.25, 0.3) is 0 Å². The number of amides is 1. The number of hydrogen-bond donors (Lipinski definition) is 1. The molecule has 5 heteroatoms. The number of nitrogens with zero attached hydrogens (tertiary/aromatic N) is 1. The first-order valence-electron chi connectivity index (χ1n) is 10.1. The lowest BCUT2D eigenvalue weighted by Gasteiger charge is -2.12. The fourth-order valence-electron chi connectivity index (χ4n) is 3.53. The Hall–Kier alpha value is -3.18. The maximum absolute atomic E-state index is 13.1. The Morgan fingerprint density at radius 1 is 1.10 bits per heavy atom. The van der Waals surface area contributed by atoms with Crippen LogP contribution in [0.4, 0.5) is 10.7 Å². The fraction of sp³-hybridized carbons (Fsp3) is 0.200. The lowest BCUT2D eigenvalue weighted by Crippen LogP contribution is -2.14. The minimum atomic E-state index is -0.0825. The van der Waals surface area contributed by atoms with Crippen LogP contribution >= 0.6 is 11.3 Å². The van der Waals surface area contributed by atoms with E-state index in [-0.39, 0.29) is 5.91 Å². The number of ether oxygens (including phenoxy) is 1. The second-order valence-corrected chi connectivity index (χ2v) is 8.22. The molecule has 152 valence electrons. The monoisotopic (exact) mass is 416 g/mol. The summed E-state index contributed by atoms with van der Waals surface area (Å²) >= 11 is 1.64. The van der Waals surface area contributed by atoms with E-state index in [2.05, 4.69) is 11.9 Å². The molecule has 2 aromatic carbocycles. The molecule has 1 amide bonds. The lowest BCUT2D eigenvalue weighted by atomic mass is 9.95. The number of nitrogens with one attached hydrogen (secondary N) is 1. The number of hydrogen-bond acceptors (Lipinski definition) is 4. The Labute approximate surface area is 180 Å². The van der Waals surface area contributed by atoms with E-state index in [1.54, 1.807) is 17.4 Å². The van der Waals surface area contributed by atoms with E-state index in [1.807, 2.05) is 60.8 Å². The van der Waals surface area contributed by atoms with Gasteiger partial charge in [0.05, 0.1) is 5.56 Å². The molecular weight excluding hydrogens is 392 g/mol. The van der Waals surface area contributed by atoms with E-state index in [0.717, 1.165) is 46.8 Å². The van der Waals surface area contributed by atoms with Crippen LogP contribution in [0.2, 0.25) is 0 Å². The number of rotatable bonds is 7. The molecule has 3 aromatic rings. The molecule has 0 saturated carbocycles. The minimum absolute atomic E-state index is 0.0825. The molecule has 1 aliphatic rings. The van der Waals surface area contributed by atoms with Crippen molar-refractivity contribution in [3.8, 4) is 5.75 Å². The van der Waals surface area contributed by atoms with Crippen LogP contribution in [0.5, 0.6) is 5.75 Å². The molecule has 1 heterocycles. The van der Waals surface area contributed by atoms with Crippen LogP contribution in [0.15, 0.2) is 72.2 Å². The van der Waals surface area contributed by atoms with Gasteiger partial charge in [0.15, 0.2) is 0 Å². The second kappa shape index (κ2) is 9.55. The minimum Gasteiger partial charge on any atom is -0.490 e. The molecule has 0 atom stereocenters. The standard InChI is InChI=1S/C25H24N2O2S/c1-2-16-29-20-14-12-18(13-15-20)17-26-25-23(21-10-6-7-11-22(21)30-25)24(28)27-19-8-4-3-5-9-19/h2-5,8-9,12-15,17H,1,6-7,10-11,16H2,(H,27,28). The maximum Gasteiger partial charge on any atom is 0.259 e. The van der Waals surface area contributed by atoms with Crippen LogP contribution in [0, 0.1) is 0 Å². The summed E-state index contributed by atoms with van der Waals surface area (Å²) in [6.45, 7) is 4.14. The molecule has 0 saturated heterocycles. The number of anilines is 1. The Morgan fingerprint density at radius 3 is 2.63 bits per heavy atom. The van der Waals surface area contributed by atoms with E-state index in [0.29, 0.717) is 6.61 Å². The summed E-state index contributed by atoms with van der Waals surface area (Å²) in [5.74, 6) is 0.711. The Morgan fingerprint density at radius 2 is 1.87 bits per heavy atom. The van der Waals surface area contributed by atoms with Crippen molar-refractivity contribution in [2.24, 2.45) is 4.99 Å². The average Bonchev–Trinajstić information content (AvgIpc) is 3.16. The quantitative estimate of drug-likeness (QED) is 0.368. The second-order valence-electron chi connectivity index (χ2n) is 7.14. The zero-order valence-corrected chi connectivity index (χ0v) is 17.6. The van der Waals surface area contributed by atoms with Gasteiger partial charge < -0.3 is 10.1 Å². The molecule has 1 N–H and O–H groups in total. The Bertz CT molecular complexity index is 1050. The SMILES string of the molecule is C=CCOc1ccc(C=Nc2sc3c(c2C(=O)Nc2ccccc2)CCCC3)cc1. The molecule has 1 aliphatic carbocycles. The van der Waals surface area contributed by atoms with E-state index >= 15 is 0 Å². The van der Waals surface area contributed by atoms with Crippen LogP contribution < -0.4 is 10.1 Å². The molecule has 0 spiro atoms. The number of para-hydroxylation sites is 1. The molecule has 0 aliphatic heterocycles. The van der Waals surface area contributed by atoms with Gasteiger partial charge in [-0.15, -0.1) is 11.3 Å². The first-order chi connectivity index (χ1) is 14.7. The van der Waals surface area contributed by atoms with Gasteiger partial charge in [-0.3, -0.25) is 4.79 Å². The highest BCUT2D eigenvalue weighted by Gasteiger charge is 2.25. The third kappa shape index (κ3) is 4.69. The highest BCUT2D eigenvalue weighted by Crippen LogP contribution is 2.40. The zero-order valence-electron chi connectivity index (χ0n) is 16.8. The summed E-state index contributed by atoms with van der Waals surface area (Å²) < 4.78 is 5.52. The lowest BCUT2D eigenvalue weighted by molar-refractivity contribution is 0.102. The van der Waals surface area contributed by atoms with E-state index < -0.39 is 0 Å². The van der Waals surface area contributed by atoms with Crippen LogP contribution in [0.1, 0.15) is 39.2 Å². The molecule has 30 heavy (non-hydrogen) atoms. The summed E-state index contributed by atoms with van der Waals surface area (Å²) in [5, 5.41) is 3.81. The van der Waals surface area contributed by atoms with E-state index in [1.165, 1.54) is 16.9 Å². The van der Waals surface area contributed by atoms with Gasteiger partial charge in [-0.1, -0.05) is 30.9 Å². The number of fused-ring (bicyclic) bond motifs is 1. The van der Waals surface area contributed by atoms with Crippen molar-refractivity contribution in [2.45, 2.75) is 25.7 Å². The number of carbonyl (C=O) groups is 1. The Balaban J connectivity index is 1.59. The van der Waals surface area contributed by atoms with Gasteiger partial charge in [0.2, 0.25) is 0 Å². The molecule has 0 radical (unpaired) electrons. The highest BCUT2D eigenvalue weighted by molar-refractivity contribution is 7.16.